The van der Waals surface area contributed by atoms with Crippen molar-refractivity contribution in [2.75, 3.05) is 0 Å². The lowest BCUT2D eigenvalue weighted by Gasteiger charge is -2.29. The van der Waals surface area contributed by atoms with E-state index in [1.807, 2.05) is 30.3 Å². The van der Waals surface area contributed by atoms with Crippen LogP contribution in [0.2, 0.25) is 0 Å². The van der Waals surface area contributed by atoms with Crippen LogP contribution in [0.15, 0.2) is 41.2 Å². The monoisotopic (exact) mass is 350 g/mol. The van der Waals surface area contributed by atoms with Crippen molar-refractivity contribution in [2.45, 2.75) is 32.2 Å². The van der Waals surface area contributed by atoms with Crippen molar-refractivity contribution in [1.82, 2.24) is 9.55 Å². The number of aromatic nitrogens is 2. The van der Waals surface area contributed by atoms with Crippen LogP contribution in [0.1, 0.15) is 30.0 Å². The second kappa shape index (κ2) is 5.00. The number of halogens is 1. The normalized spacial score (nSPS) is 20.5. The van der Waals surface area contributed by atoms with E-state index < -0.39 is 11.6 Å². The summed E-state index contributed by atoms with van der Waals surface area (Å²) in [6.45, 7) is 1.76. The van der Waals surface area contributed by atoms with Crippen molar-refractivity contribution in [1.29, 1.82) is 0 Å². The van der Waals surface area contributed by atoms with E-state index in [4.69, 9.17) is 4.74 Å². The quantitative estimate of drug-likeness (QED) is 0.495. The molecule has 2 aliphatic heterocycles. The van der Waals surface area contributed by atoms with Crippen LogP contribution in [0.3, 0.4) is 0 Å². The van der Waals surface area contributed by atoms with E-state index in [1.165, 1.54) is 0 Å². The Bertz CT molecular complexity index is 1170. The Morgan fingerprint density at radius 2 is 2.08 bits per heavy atom. The lowest BCUT2D eigenvalue weighted by molar-refractivity contribution is -0.163. The number of hydrogen-bond donors (Lipinski definition) is 0. The van der Waals surface area contributed by atoms with Crippen LogP contribution in [0.4, 0.5) is 4.39 Å². The highest BCUT2D eigenvalue weighted by molar-refractivity contribution is 5.86. The number of carbonyl (C=O) groups excluding carboxylic acids is 1. The van der Waals surface area contributed by atoms with Crippen molar-refractivity contribution >= 4 is 16.9 Å². The third-order valence-electron chi connectivity index (χ3n) is 5.36. The van der Waals surface area contributed by atoms with Gasteiger partial charge in [0.1, 0.15) is 6.61 Å². The Morgan fingerprint density at radius 3 is 2.88 bits per heavy atom. The zero-order valence-corrected chi connectivity index (χ0v) is 14.1. The summed E-state index contributed by atoms with van der Waals surface area (Å²) in [5.74, 6) is -0.929. The first-order valence-electron chi connectivity index (χ1n) is 8.55. The second-order valence-electron chi connectivity index (χ2n) is 6.73. The topological polar surface area (TPSA) is 61.2 Å². The molecule has 4 heterocycles. The molecule has 2 aliphatic rings. The number of hydrogen-bond acceptors (Lipinski definition) is 4. The Hall–Kier alpha value is -3.02. The summed E-state index contributed by atoms with van der Waals surface area (Å²) in [5.41, 5.74) is 0.679. The number of carbonyl (C=O) groups is 1. The molecule has 130 valence electrons. The summed E-state index contributed by atoms with van der Waals surface area (Å²) >= 11 is 0. The van der Waals surface area contributed by atoms with E-state index in [1.54, 1.807) is 17.6 Å². The molecule has 0 spiro atoms. The molecule has 0 saturated heterocycles. The molecule has 5 nitrogen and oxygen atoms in total. The number of alkyl halides is 1. The second-order valence-corrected chi connectivity index (χ2v) is 6.73. The highest BCUT2D eigenvalue weighted by Gasteiger charge is 2.47. The van der Waals surface area contributed by atoms with Gasteiger partial charge in [-0.1, -0.05) is 25.1 Å². The van der Waals surface area contributed by atoms with E-state index in [0.29, 0.717) is 17.9 Å². The molecule has 5 rings (SSSR count). The number of para-hydroxylation sites is 1. The Labute approximate surface area is 148 Å². The zero-order chi connectivity index (χ0) is 18.1. The molecular weight excluding hydrogens is 335 g/mol. The number of pyridine rings is 2. The van der Waals surface area contributed by atoms with Crippen LogP contribution in [-0.4, -0.2) is 15.5 Å². The maximum atomic E-state index is 15.3. The maximum Gasteiger partial charge on any atom is 0.348 e. The summed E-state index contributed by atoms with van der Waals surface area (Å²) in [5, 5.41) is 0.990. The predicted molar refractivity (Wildman–Crippen MR) is 93.4 cm³/mol. The van der Waals surface area contributed by atoms with Gasteiger partial charge in [0.05, 0.1) is 29.0 Å². The molecule has 0 radical (unpaired) electrons. The van der Waals surface area contributed by atoms with E-state index in [-0.39, 0.29) is 29.7 Å². The Kier molecular flexibility index (Phi) is 2.93. The lowest BCUT2D eigenvalue weighted by Crippen LogP contribution is -2.41. The molecule has 0 bridgehead atoms. The van der Waals surface area contributed by atoms with E-state index in [0.717, 1.165) is 16.5 Å². The minimum atomic E-state index is -2.29. The Morgan fingerprint density at radius 1 is 1.27 bits per heavy atom. The van der Waals surface area contributed by atoms with Gasteiger partial charge < -0.3 is 9.30 Å². The van der Waals surface area contributed by atoms with E-state index >= 15 is 4.39 Å². The number of esters is 1. The molecule has 0 aliphatic carbocycles. The molecule has 2 aromatic heterocycles. The van der Waals surface area contributed by atoms with Crippen molar-refractivity contribution < 1.29 is 13.9 Å². The van der Waals surface area contributed by atoms with Gasteiger partial charge in [-0.2, -0.15) is 0 Å². The van der Waals surface area contributed by atoms with Crippen molar-refractivity contribution in [3.8, 4) is 11.4 Å². The van der Waals surface area contributed by atoms with Crippen LogP contribution >= 0.6 is 0 Å². The summed E-state index contributed by atoms with van der Waals surface area (Å²) in [7, 11) is 0. The minimum Gasteiger partial charge on any atom is -0.458 e. The van der Waals surface area contributed by atoms with Crippen LogP contribution in [-0.2, 0) is 28.4 Å². The molecule has 26 heavy (non-hydrogen) atoms. The summed E-state index contributed by atoms with van der Waals surface area (Å²) < 4.78 is 21.9. The fourth-order valence-corrected chi connectivity index (χ4v) is 3.90. The number of cyclic esters (lactones) is 1. The highest BCUT2D eigenvalue weighted by atomic mass is 19.1. The van der Waals surface area contributed by atoms with Gasteiger partial charge in [0, 0.05) is 16.5 Å². The molecule has 6 heteroatoms. The van der Waals surface area contributed by atoms with E-state index in [2.05, 4.69) is 4.98 Å². The molecule has 1 aromatic carbocycles. The average molecular weight is 350 g/mol. The lowest BCUT2D eigenvalue weighted by atomic mass is 9.87. The average Bonchev–Trinajstić information content (AvgIpc) is 3.01. The van der Waals surface area contributed by atoms with Crippen LogP contribution < -0.4 is 5.56 Å². The van der Waals surface area contributed by atoms with E-state index in [9.17, 15) is 9.59 Å². The standard InChI is InChI=1S/C20H15FN2O3/c1-2-20(21)14-8-16-17-12(7-11-5-3-4-6-15(11)22-17)9-23(16)18(24)13(14)10-26-19(20)25/h3-8H,2,9-10H2,1H3/t20-/m1/s1. The minimum absolute atomic E-state index is 0.0836. The predicted octanol–water partition coefficient (Wildman–Crippen LogP) is 3.06. The number of ether oxygens (including phenoxy) is 1. The first-order chi connectivity index (χ1) is 12.5. The summed E-state index contributed by atoms with van der Waals surface area (Å²) in [6.07, 6.45) is -0.0836. The van der Waals surface area contributed by atoms with Gasteiger partial charge in [-0.3, -0.25) is 4.79 Å². The SMILES string of the molecule is CC[C@]1(F)C(=O)OCc2c1cc1n(c2=O)Cc2cc3ccccc3nc2-1. The zero-order valence-electron chi connectivity index (χ0n) is 14.1. The van der Waals surface area contributed by atoms with Gasteiger partial charge in [0.2, 0.25) is 5.67 Å². The van der Waals surface area contributed by atoms with Crippen molar-refractivity contribution in [3.63, 3.8) is 0 Å². The maximum absolute atomic E-state index is 15.3. The summed E-state index contributed by atoms with van der Waals surface area (Å²) in [4.78, 5) is 29.7. The molecule has 3 aromatic rings. The molecule has 0 saturated carbocycles. The fourth-order valence-electron chi connectivity index (χ4n) is 3.90. The number of benzene rings is 1. The van der Waals surface area contributed by atoms with Gasteiger partial charge in [0.15, 0.2) is 0 Å². The van der Waals surface area contributed by atoms with Crippen LogP contribution in [0, 0.1) is 0 Å². The van der Waals surface area contributed by atoms with Crippen molar-refractivity contribution in [3.05, 3.63) is 63.4 Å². The third-order valence-corrected chi connectivity index (χ3v) is 5.36. The van der Waals surface area contributed by atoms with Gasteiger partial charge in [0.25, 0.3) is 5.56 Å². The van der Waals surface area contributed by atoms with Gasteiger partial charge in [-0.05, 0) is 24.6 Å². The molecule has 0 unspecified atom stereocenters. The number of rotatable bonds is 1. The first kappa shape index (κ1) is 15.3. The number of nitrogens with zero attached hydrogens (tertiary/aromatic N) is 2. The van der Waals surface area contributed by atoms with Gasteiger partial charge >= 0.3 is 5.97 Å². The first-order valence-corrected chi connectivity index (χ1v) is 8.55. The fraction of sp³-hybridized carbons (Fsp3) is 0.250. The molecule has 0 fully saturated rings. The molecule has 1 atom stereocenters. The molecule has 0 amide bonds. The van der Waals surface area contributed by atoms with Gasteiger partial charge in [-0.15, -0.1) is 0 Å². The van der Waals surface area contributed by atoms with Gasteiger partial charge in [-0.25, -0.2) is 14.2 Å². The number of fused-ring (bicyclic) bond motifs is 5. The molecular formula is C20H15FN2O3. The third kappa shape index (κ3) is 1.81. The van der Waals surface area contributed by atoms with Crippen molar-refractivity contribution in [2.24, 2.45) is 0 Å². The largest absolute Gasteiger partial charge is 0.458 e. The highest BCUT2D eigenvalue weighted by Crippen LogP contribution is 2.40. The smallest absolute Gasteiger partial charge is 0.348 e. The Balaban J connectivity index is 1.81. The van der Waals surface area contributed by atoms with Crippen LogP contribution in [0.25, 0.3) is 22.3 Å². The van der Waals surface area contributed by atoms with Crippen LogP contribution in [0.5, 0.6) is 0 Å². The summed E-state index contributed by atoms with van der Waals surface area (Å²) in [6, 6.07) is 11.3. The molecule has 0 N–H and O–H groups in total.